The fraction of sp³-hybridized carbons (Fsp3) is 0.533. The van der Waals surface area contributed by atoms with Crippen molar-refractivity contribution in [2.75, 3.05) is 14.1 Å². The van der Waals surface area contributed by atoms with Crippen molar-refractivity contribution in [3.63, 3.8) is 0 Å². The van der Waals surface area contributed by atoms with Gasteiger partial charge in [0.15, 0.2) is 0 Å². The topological polar surface area (TPSA) is 81.2 Å². The number of amides is 1. The second kappa shape index (κ2) is 5.81. The van der Waals surface area contributed by atoms with Crippen molar-refractivity contribution in [2.45, 2.75) is 38.8 Å². The Hall–Kier alpha value is -1.73. The van der Waals surface area contributed by atoms with Gasteiger partial charge in [0.2, 0.25) is 5.91 Å². The Balaban J connectivity index is 2.25. The van der Waals surface area contributed by atoms with E-state index >= 15 is 0 Å². The van der Waals surface area contributed by atoms with E-state index in [1.807, 2.05) is 19.0 Å². The number of carbonyl (C=O) groups excluding carboxylic acids is 1. The maximum Gasteiger partial charge on any atom is 0.263 e. The molecular formula is C15H20N4O2S. The van der Waals surface area contributed by atoms with Crippen LogP contribution in [-0.2, 0) is 30.7 Å². The van der Waals surface area contributed by atoms with Crippen LogP contribution in [0.25, 0.3) is 10.2 Å². The van der Waals surface area contributed by atoms with Gasteiger partial charge in [-0.2, -0.15) is 0 Å². The maximum atomic E-state index is 12.9. The summed E-state index contributed by atoms with van der Waals surface area (Å²) in [6, 6.07) is 0. The van der Waals surface area contributed by atoms with Gasteiger partial charge in [0.1, 0.15) is 17.2 Å². The molecule has 0 aliphatic heterocycles. The standard InChI is InChI=1S/C15H20N4O2S/c1-18(2)8-12-17-14-13(15(21)19(12)7-11(16)20)9-5-3-4-6-10(9)22-14/h3-8H2,1-2H3,(H2,16,20). The van der Waals surface area contributed by atoms with Gasteiger partial charge in [-0.05, 0) is 45.3 Å². The molecule has 0 saturated heterocycles. The van der Waals surface area contributed by atoms with Crippen molar-refractivity contribution < 1.29 is 4.79 Å². The van der Waals surface area contributed by atoms with E-state index in [0.717, 1.165) is 29.7 Å². The summed E-state index contributed by atoms with van der Waals surface area (Å²) in [6.45, 7) is 0.386. The Morgan fingerprint density at radius 2 is 2.09 bits per heavy atom. The van der Waals surface area contributed by atoms with Crippen LogP contribution in [0.3, 0.4) is 0 Å². The van der Waals surface area contributed by atoms with Crippen LogP contribution in [0.2, 0.25) is 0 Å². The predicted octanol–water partition coefficient (Wildman–Crippen LogP) is 0.884. The van der Waals surface area contributed by atoms with Crippen LogP contribution in [0, 0.1) is 0 Å². The minimum atomic E-state index is -0.521. The highest BCUT2D eigenvalue weighted by molar-refractivity contribution is 7.18. The fourth-order valence-electron chi connectivity index (χ4n) is 3.00. The van der Waals surface area contributed by atoms with Crippen molar-refractivity contribution in [3.05, 3.63) is 26.6 Å². The summed E-state index contributed by atoms with van der Waals surface area (Å²) in [5.41, 5.74) is 6.33. The molecule has 2 aromatic heterocycles. The number of thiophene rings is 1. The largest absolute Gasteiger partial charge is 0.368 e. The lowest BCUT2D eigenvalue weighted by Gasteiger charge is -2.15. The van der Waals surface area contributed by atoms with Gasteiger partial charge in [-0.3, -0.25) is 14.2 Å². The average molecular weight is 320 g/mol. The molecule has 6 nitrogen and oxygen atoms in total. The normalized spacial score (nSPS) is 14.5. The van der Waals surface area contributed by atoms with E-state index in [9.17, 15) is 9.59 Å². The predicted molar refractivity (Wildman–Crippen MR) is 87.1 cm³/mol. The van der Waals surface area contributed by atoms with Crippen LogP contribution < -0.4 is 11.3 Å². The Bertz CT molecular complexity index is 791. The van der Waals surface area contributed by atoms with Gasteiger partial charge in [-0.25, -0.2) is 4.98 Å². The third kappa shape index (κ3) is 2.66. The maximum absolute atomic E-state index is 12.9. The van der Waals surface area contributed by atoms with Crippen molar-refractivity contribution >= 4 is 27.5 Å². The Morgan fingerprint density at radius 1 is 1.36 bits per heavy atom. The molecule has 2 aromatic rings. The molecule has 0 atom stereocenters. The van der Waals surface area contributed by atoms with E-state index in [-0.39, 0.29) is 12.1 Å². The molecule has 22 heavy (non-hydrogen) atoms. The second-order valence-corrected chi connectivity index (χ2v) is 7.10. The zero-order chi connectivity index (χ0) is 15.9. The van der Waals surface area contributed by atoms with E-state index in [4.69, 9.17) is 5.73 Å². The first kappa shape index (κ1) is 15.2. The van der Waals surface area contributed by atoms with Crippen LogP contribution in [0.15, 0.2) is 4.79 Å². The number of aryl methyl sites for hydroxylation is 2. The third-order valence-corrected chi connectivity index (χ3v) is 5.11. The molecule has 0 radical (unpaired) electrons. The lowest BCUT2D eigenvalue weighted by Crippen LogP contribution is -2.33. The van der Waals surface area contributed by atoms with E-state index < -0.39 is 5.91 Å². The van der Waals surface area contributed by atoms with E-state index in [1.165, 1.54) is 15.9 Å². The summed E-state index contributed by atoms with van der Waals surface area (Å²) in [7, 11) is 3.81. The van der Waals surface area contributed by atoms with Crippen LogP contribution in [-0.4, -0.2) is 34.5 Å². The van der Waals surface area contributed by atoms with Gasteiger partial charge in [-0.15, -0.1) is 11.3 Å². The van der Waals surface area contributed by atoms with E-state index in [1.54, 1.807) is 11.3 Å². The van der Waals surface area contributed by atoms with Crippen molar-refractivity contribution in [2.24, 2.45) is 5.73 Å². The summed E-state index contributed by atoms with van der Waals surface area (Å²) in [6.07, 6.45) is 4.22. The Morgan fingerprint density at radius 3 is 2.77 bits per heavy atom. The van der Waals surface area contributed by atoms with Crippen molar-refractivity contribution in [1.29, 1.82) is 0 Å². The van der Waals surface area contributed by atoms with Gasteiger partial charge in [0.05, 0.1) is 11.9 Å². The number of hydrogen-bond acceptors (Lipinski definition) is 5. The lowest BCUT2D eigenvalue weighted by atomic mass is 9.97. The van der Waals surface area contributed by atoms with Gasteiger partial charge in [0.25, 0.3) is 5.56 Å². The molecule has 7 heteroatoms. The van der Waals surface area contributed by atoms with Gasteiger partial charge in [0, 0.05) is 4.88 Å². The third-order valence-electron chi connectivity index (χ3n) is 3.93. The van der Waals surface area contributed by atoms with E-state index in [2.05, 4.69) is 4.98 Å². The molecule has 0 saturated carbocycles. The molecule has 3 rings (SSSR count). The molecule has 0 spiro atoms. The first-order valence-corrected chi connectivity index (χ1v) is 8.26. The molecule has 0 aromatic carbocycles. The van der Waals surface area contributed by atoms with Crippen LogP contribution in [0.1, 0.15) is 29.1 Å². The summed E-state index contributed by atoms with van der Waals surface area (Å²) in [4.78, 5) is 32.9. The molecule has 1 aliphatic carbocycles. The number of nitrogens with zero attached hydrogens (tertiary/aromatic N) is 3. The zero-order valence-electron chi connectivity index (χ0n) is 12.9. The SMILES string of the molecule is CN(C)Cc1nc2sc3c(c2c(=O)n1CC(N)=O)CCCC3. The fourth-order valence-corrected chi connectivity index (χ4v) is 4.27. The van der Waals surface area contributed by atoms with Crippen LogP contribution in [0.4, 0.5) is 0 Å². The first-order chi connectivity index (χ1) is 10.5. The zero-order valence-corrected chi connectivity index (χ0v) is 13.7. The molecular weight excluding hydrogens is 300 g/mol. The molecule has 2 heterocycles. The number of hydrogen-bond donors (Lipinski definition) is 1. The van der Waals surface area contributed by atoms with Gasteiger partial charge >= 0.3 is 0 Å². The minimum Gasteiger partial charge on any atom is -0.368 e. The van der Waals surface area contributed by atoms with Crippen molar-refractivity contribution in [1.82, 2.24) is 14.5 Å². The number of aromatic nitrogens is 2. The quantitative estimate of drug-likeness (QED) is 0.907. The molecule has 1 aliphatic rings. The molecule has 2 N–H and O–H groups in total. The number of fused-ring (bicyclic) bond motifs is 3. The molecule has 1 amide bonds. The minimum absolute atomic E-state index is 0.116. The van der Waals surface area contributed by atoms with E-state index in [0.29, 0.717) is 17.8 Å². The number of nitrogens with two attached hydrogens (primary N) is 1. The average Bonchev–Trinajstić information content (AvgIpc) is 2.80. The second-order valence-electron chi connectivity index (χ2n) is 6.01. The number of carbonyl (C=O) groups is 1. The van der Waals surface area contributed by atoms with Gasteiger partial charge in [-0.1, -0.05) is 0 Å². The monoisotopic (exact) mass is 320 g/mol. The molecule has 0 fully saturated rings. The summed E-state index contributed by atoms with van der Waals surface area (Å²) < 4.78 is 1.44. The summed E-state index contributed by atoms with van der Waals surface area (Å²) in [5, 5.41) is 0.698. The number of primary amides is 1. The highest BCUT2D eigenvalue weighted by atomic mass is 32.1. The summed E-state index contributed by atoms with van der Waals surface area (Å²) >= 11 is 1.62. The molecule has 0 bridgehead atoms. The molecule has 118 valence electrons. The highest BCUT2D eigenvalue weighted by Crippen LogP contribution is 2.33. The molecule has 0 unspecified atom stereocenters. The van der Waals surface area contributed by atoms with Gasteiger partial charge < -0.3 is 10.6 Å². The van der Waals surface area contributed by atoms with Crippen LogP contribution in [0.5, 0.6) is 0 Å². The Kier molecular flexibility index (Phi) is 4.01. The van der Waals surface area contributed by atoms with Crippen molar-refractivity contribution in [3.8, 4) is 0 Å². The smallest absolute Gasteiger partial charge is 0.263 e. The number of rotatable bonds is 4. The Labute approximate surface area is 132 Å². The summed E-state index contributed by atoms with van der Waals surface area (Å²) in [5.74, 6) is 0.0762. The lowest BCUT2D eigenvalue weighted by molar-refractivity contribution is -0.118. The van der Waals surface area contributed by atoms with Crippen LogP contribution >= 0.6 is 11.3 Å². The first-order valence-electron chi connectivity index (χ1n) is 7.44. The highest BCUT2D eigenvalue weighted by Gasteiger charge is 2.22.